The third-order valence-corrected chi connectivity index (χ3v) is 1.92. The molecule has 0 unspecified atom stereocenters. The van der Waals surface area contributed by atoms with E-state index in [1.807, 2.05) is 30.3 Å². The van der Waals surface area contributed by atoms with Crippen LogP contribution in [0, 0.1) is 0 Å². The number of aryl methyl sites for hydroxylation is 1. The summed E-state index contributed by atoms with van der Waals surface area (Å²) in [6, 6.07) is 9.52. The third-order valence-electron chi connectivity index (χ3n) is 1.92. The van der Waals surface area contributed by atoms with E-state index in [9.17, 15) is 9.59 Å². The summed E-state index contributed by atoms with van der Waals surface area (Å²) in [6.07, 6.45) is -0.206. The van der Waals surface area contributed by atoms with Gasteiger partial charge in [-0.05, 0) is 18.9 Å². The first-order chi connectivity index (χ1) is 7.72. The molecular weight excluding hydrogens is 208 g/mol. The molecule has 0 amide bonds. The van der Waals surface area contributed by atoms with E-state index in [0.29, 0.717) is 6.42 Å². The van der Waals surface area contributed by atoms with Gasteiger partial charge in [-0.15, -0.1) is 0 Å². The van der Waals surface area contributed by atoms with E-state index < -0.39 is 12.1 Å². The lowest BCUT2D eigenvalue weighted by molar-refractivity contribution is -0.139. The normalized spacial score (nSPS) is 9.56. The quantitative estimate of drug-likeness (QED) is 0.579. The van der Waals surface area contributed by atoms with Gasteiger partial charge in [0.2, 0.25) is 0 Å². The molecule has 0 N–H and O–H groups in total. The van der Waals surface area contributed by atoms with Gasteiger partial charge in [0.1, 0.15) is 0 Å². The summed E-state index contributed by atoms with van der Waals surface area (Å²) in [7, 11) is 0. The minimum Gasteiger partial charge on any atom is -0.434 e. The summed E-state index contributed by atoms with van der Waals surface area (Å²) < 4.78 is 8.90. The van der Waals surface area contributed by atoms with Crippen LogP contribution < -0.4 is 0 Å². The van der Waals surface area contributed by atoms with Crippen LogP contribution in [0.3, 0.4) is 0 Å². The number of esters is 1. The van der Waals surface area contributed by atoms with Gasteiger partial charge in [0.15, 0.2) is 0 Å². The van der Waals surface area contributed by atoms with Crippen molar-refractivity contribution in [1.82, 2.24) is 0 Å². The van der Waals surface area contributed by atoms with Gasteiger partial charge >= 0.3 is 12.1 Å². The lowest BCUT2D eigenvalue weighted by Crippen LogP contribution is -2.14. The van der Waals surface area contributed by atoms with Crippen molar-refractivity contribution in [3.8, 4) is 0 Å². The zero-order valence-electron chi connectivity index (χ0n) is 9.14. The van der Waals surface area contributed by atoms with E-state index in [0.717, 1.165) is 5.56 Å². The number of benzene rings is 1. The van der Waals surface area contributed by atoms with E-state index in [-0.39, 0.29) is 13.0 Å². The second kappa shape index (κ2) is 6.61. The van der Waals surface area contributed by atoms with Gasteiger partial charge in [-0.3, -0.25) is 4.79 Å². The SMILES string of the molecule is CCOC(=O)OC(=O)CCc1ccccc1. The molecule has 0 aliphatic rings. The fourth-order valence-corrected chi connectivity index (χ4v) is 1.18. The first-order valence-electron chi connectivity index (χ1n) is 5.13. The number of rotatable bonds is 4. The average Bonchev–Trinajstić information content (AvgIpc) is 2.28. The van der Waals surface area contributed by atoms with Crippen LogP contribution in [0.4, 0.5) is 4.79 Å². The molecule has 16 heavy (non-hydrogen) atoms. The Bertz CT molecular complexity index is 345. The standard InChI is InChI=1S/C12H14O4/c1-2-15-12(14)16-11(13)9-8-10-6-4-3-5-7-10/h3-7H,2,8-9H2,1H3. The fourth-order valence-electron chi connectivity index (χ4n) is 1.18. The van der Waals surface area contributed by atoms with E-state index in [2.05, 4.69) is 9.47 Å². The van der Waals surface area contributed by atoms with E-state index in [4.69, 9.17) is 0 Å². The minimum atomic E-state index is -0.930. The first kappa shape index (κ1) is 12.2. The van der Waals surface area contributed by atoms with E-state index in [1.165, 1.54) is 0 Å². The highest BCUT2D eigenvalue weighted by atomic mass is 16.7. The van der Waals surface area contributed by atoms with Crippen LogP contribution in [-0.2, 0) is 20.7 Å². The van der Waals surface area contributed by atoms with E-state index >= 15 is 0 Å². The smallest absolute Gasteiger partial charge is 0.434 e. The Labute approximate surface area is 94.2 Å². The molecule has 0 heterocycles. The number of carbonyl (C=O) groups excluding carboxylic acids is 2. The molecule has 1 aromatic rings. The lowest BCUT2D eigenvalue weighted by atomic mass is 10.1. The molecule has 1 aromatic carbocycles. The molecular formula is C12H14O4. The number of carbonyl (C=O) groups is 2. The Hall–Kier alpha value is -1.84. The van der Waals surface area contributed by atoms with Crippen molar-refractivity contribution >= 4 is 12.1 Å². The fraction of sp³-hybridized carbons (Fsp3) is 0.333. The van der Waals surface area contributed by atoms with Crippen molar-refractivity contribution in [2.45, 2.75) is 19.8 Å². The molecule has 0 atom stereocenters. The molecule has 86 valence electrons. The predicted molar refractivity (Wildman–Crippen MR) is 57.9 cm³/mol. The molecule has 4 nitrogen and oxygen atoms in total. The van der Waals surface area contributed by atoms with Crippen LogP contribution in [0.5, 0.6) is 0 Å². The largest absolute Gasteiger partial charge is 0.516 e. The maximum atomic E-state index is 11.2. The highest BCUT2D eigenvalue weighted by molar-refractivity contribution is 5.81. The Balaban J connectivity index is 2.28. The maximum Gasteiger partial charge on any atom is 0.516 e. The monoisotopic (exact) mass is 222 g/mol. The van der Waals surface area contributed by atoms with Crippen molar-refractivity contribution in [2.75, 3.05) is 6.61 Å². The van der Waals surface area contributed by atoms with Gasteiger partial charge in [-0.1, -0.05) is 30.3 Å². The second-order valence-electron chi connectivity index (χ2n) is 3.14. The molecule has 1 rings (SSSR count). The lowest BCUT2D eigenvalue weighted by Gasteiger charge is -2.02. The van der Waals surface area contributed by atoms with Crippen LogP contribution in [-0.4, -0.2) is 18.7 Å². The number of hydrogen-bond donors (Lipinski definition) is 0. The maximum absolute atomic E-state index is 11.2. The van der Waals surface area contributed by atoms with Gasteiger partial charge < -0.3 is 9.47 Å². The van der Waals surface area contributed by atoms with Crippen LogP contribution in [0.15, 0.2) is 30.3 Å². The highest BCUT2D eigenvalue weighted by Gasteiger charge is 2.10. The van der Waals surface area contributed by atoms with Crippen molar-refractivity contribution in [3.05, 3.63) is 35.9 Å². The number of ether oxygens (including phenoxy) is 2. The molecule has 0 saturated heterocycles. The molecule has 0 fully saturated rings. The number of hydrogen-bond acceptors (Lipinski definition) is 4. The molecule has 0 radical (unpaired) electrons. The predicted octanol–water partition coefficient (Wildman–Crippen LogP) is 2.32. The Morgan fingerprint density at radius 1 is 1.19 bits per heavy atom. The summed E-state index contributed by atoms with van der Waals surface area (Å²) in [5, 5.41) is 0. The van der Waals surface area contributed by atoms with E-state index in [1.54, 1.807) is 6.92 Å². The summed E-state index contributed by atoms with van der Waals surface area (Å²) >= 11 is 0. The summed E-state index contributed by atoms with van der Waals surface area (Å²) in [5.41, 5.74) is 1.03. The second-order valence-corrected chi connectivity index (χ2v) is 3.14. The molecule has 0 saturated carbocycles. The van der Waals surface area contributed by atoms with Crippen LogP contribution in [0.2, 0.25) is 0 Å². The molecule has 4 heteroatoms. The topological polar surface area (TPSA) is 52.6 Å². The van der Waals surface area contributed by atoms with Gasteiger partial charge in [-0.25, -0.2) is 4.79 Å². The van der Waals surface area contributed by atoms with Gasteiger partial charge in [0.25, 0.3) is 0 Å². The molecule has 0 aromatic heterocycles. The zero-order chi connectivity index (χ0) is 11.8. The van der Waals surface area contributed by atoms with Gasteiger partial charge in [0, 0.05) is 0 Å². The molecule has 0 aliphatic heterocycles. The van der Waals surface area contributed by atoms with Crippen LogP contribution >= 0.6 is 0 Å². The van der Waals surface area contributed by atoms with Crippen molar-refractivity contribution in [3.63, 3.8) is 0 Å². The molecule has 0 bridgehead atoms. The zero-order valence-corrected chi connectivity index (χ0v) is 9.14. The summed E-state index contributed by atoms with van der Waals surface area (Å²) in [6.45, 7) is 1.85. The average molecular weight is 222 g/mol. The third kappa shape index (κ3) is 4.59. The van der Waals surface area contributed by atoms with Crippen LogP contribution in [0.1, 0.15) is 18.9 Å². The van der Waals surface area contributed by atoms with Gasteiger partial charge in [-0.2, -0.15) is 0 Å². The Kier molecular flexibility index (Phi) is 5.05. The molecule has 0 spiro atoms. The Morgan fingerprint density at radius 2 is 1.88 bits per heavy atom. The van der Waals surface area contributed by atoms with Crippen LogP contribution in [0.25, 0.3) is 0 Å². The Morgan fingerprint density at radius 3 is 2.50 bits per heavy atom. The van der Waals surface area contributed by atoms with Crippen molar-refractivity contribution in [1.29, 1.82) is 0 Å². The van der Waals surface area contributed by atoms with Gasteiger partial charge in [0.05, 0.1) is 13.0 Å². The first-order valence-corrected chi connectivity index (χ1v) is 5.13. The summed E-state index contributed by atoms with van der Waals surface area (Å²) in [5.74, 6) is -0.567. The van der Waals surface area contributed by atoms with Crippen molar-refractivity contribution in [2.24, 2.45) is 0 Å². The molecule has 0 aliphatic carbocycles. The minimum absolute atomic E-state index is 0.169. The summed E-state index contributed by atoms with van der Waals surface area (Å²) in [4.78, 5) is 22.0. The highest BCUT2D eigenvalue weighted by Crippen LogP contribution is 2.03. The van der Waals surface area contributed by atoms with Crippen molar-refractivity contribution < 1.29 is 19.1 Å².